The quantitative estimate of drug-likeness (QED) is 0.697. The largest absolute Gasteiger partial charge is 0.337 e. The Hall–Kier alpha value is -2.49. The highest BCUT2D eigenvalue weighted by molar-refractivity contribution is 5.95. The second-order valence-electron chi connectivity index (χ2n) is 4.10. The molecule has 18 heavy (non-hydrogen) atoms. The summed E-state index contributed by atoms with van der Waals surface area (Å²) in [6, 6.07) is 11.2. The van der Waals surface area contributed by atoms with Crippen molar-refractivity contribution in [3.8, 4) is 11.4 Å². The van der Waals surface area contributed by atoms with Crippen molar-refractivity contribution >= 4 is 16.9 Å². The molecule has 4 heteroatoms. The number of nitrogens with zero attached hydrogens (tertiary/aromatic N) is 2. The first-order chi connectivity index (χ1) is 8.74. The molecular weight excluding hydrogens is 226 g/mol. The number of Topliss-reactive ketones (excluding diaryl/α,β-unsaturated/α-hetero) is 1. The van der Waals surface area contributed by atoms with Crippen molar-refractivity contribution in [2.45, 2.75) is 6.92 Å². The van der Waals surface area contributed by atoms with Gasteiger partial charge in [0.15, 0.2) is 11.4 Å². The molecule has 3 rings (SSSR count). The van der Waals surface area contributed by atoms with Gasteiger partial charge in [0.05, 0.1) is 5.52 Å². The van der Waals surface area contributed by atoms with Gasteiger partial charge in [-0.15, -0.1) is 0 Å². The van der Waals surface area contributed by atoms with Gasteiger partial charge in [0, 0.05) is 17.3 Å². The summed E-state index contributed by atoms with van der Waals surface area (Å²) >= 11 is 0. The fourth-order valence-corrected chi connectivity index (χ4v) is 1.87. The van der Waals surface area contributed by atoms with Crippen LogP contribution in [0, 0.1) is 0 Å². The number of hydrogen-bond donors (Lipinski definition) is 1. The predicted octanol–water partition coefficient (Wildman–Crippen LogP) is 2.83. The number of aromatic nitrogens is 3. The number of carbonyl (C=O) groups is 1. The number of nitrogens with one attached hydrogen (secondary N) is 1. The highest BCUT2D eigenvalue weighted by Crippen LogP contribution is 2.20. The van der Waals surface area contributed by atoms with E-state index in [9.17, 15) is 4.79 Å². The molecule has 0 atom stereocenters. The molecule has 2 heterocycles. The van der Waals surface area contributed by atoms with Crippen LogP contribution >= 0.6 is 0 Å². The van der Waals surface area contributed by atoms with E-state index in [1.807, 2.05) is 30.3 Å². The summed E-state index contributed by atoms with van der Waals surface area (Å²) in [5.74, 6) is 0.776. The number of imidazole rings is 1. The normalized spacial score (nSPS) is 10.7. The number of hydrogen-bond acceptors (Lipinski definition) is 3. The van der Waals surface area contributed by atoms with Crippen LogP contribution in [0.5, 0.6) is 0 Å². The van der Waals surface area contributed by atoms with Gasteiger partial charge >= 0.3 is 0 Å². The molecule has 1 aromatic carbocycles. The highest BCUT2D eigenvalue weighted by atomic mass is 16.1. The van der Waals surface area contributed by atoms with Crippen molar-refractivity contribution < 1.29 is 4.79 Å². The van der Waals surface area contributed by atoms with E-state index in [1.54, 1.807) is 19.2 Å². The van der Waals surface area contributed by atoms with Gasteiger partial charge in [-0.2, -0.15) is 0 Å². The summed E-state index contributed by atoms with van der Waals surface area (Å²) in [7, 11) is 0. The van der Waals surface area contributed by atoms with E-state index in [-0.39, 0.29) is 5.78 Å². The van der Waals surface area contributed by atoms with Crippen molar-refractivity contribution in [3.63, 3.8) is 0 Å². The van der Waals surface area contributed by atoms with Crippen LogP contribution in [0.25, 0.3) is 22.6 Å². The van der Waals surface area contributed by atoms with Crippen molar-refractivity contribution in [1.29, 1.82) is 0 Å². The lowest BCUT2D eigenvalue weighted by atomic mass is 10.1. The van der Waals surface area contributed by atoms with Crippen molar-refractivity contribution in [2.75, 3.05) is 0 Å². The first-order valence-corrected chi connectivity index (χ1v) is 5.66. The second kappa shape index (κ2) is 4.07. The van der Waals surface area contributed by atoms with Crippen LogP contribution in [0.4, 0.5) is 0 Å². The van der Waals surface area contributed by atoms with Crippen molar-refractivity contribution in [1.82, 2.24) is 15.0 Å². The molecule has 0 aliphatic carbocycles. The average Bonchev–Trinajstić information content (AvgIpc) is 2.82. The van der Waals surface area contributed by atoms with Crippen molar-refractivity contribution in [3.05, 3.63) is 48.2 Å². The Morgan fingerprint density at radius 2 is 2.11 bits per heavy atom. The van der Waals surface area contributed by atoms with Crippen LogP contribution < -0.4 is 0 Å². The molecule has 1 N–H and O–H groups in total. The van der Waals surface area contributed by atoms with Gasteiger partial charge in [-0.25, -0.2) is 9.97 Å². The van der Waals surface area contributed by atoms with E-state index in [4.69, 9.17) is 0 Å². The summed E-state index contributed by atoms with van der Waals surface area (Å²) in [6.07, 6.45) is 1.71. The Balaban J connectivity index is 2.13. The lowest BCUT2D eigenvalue weighted by molar-refractivity contribution is 0.101. The molecule has 0 amide bonds. The lowest BCUT2D eigenvalue weighted by Gasteiger charge is -1.99. The van der Waals surface area contributed by atoms with E-state index < -0.39 is 0 Å². The molecule has 0 spiro atoms. The van der Waals surface area contributed by atoms with Gasteiger partial charge in [0.2, 0.25) is 0 Å². The zero-order valence-electron chi connectivity index (χ0n) is 9.84. The van der Waals surface area contributed by atoms with Crippen LogP contribution in [0.1, 0.15) is 17.3 Å². The van der Waals surface area contributed by atoms with E-state index in [0.29, 0.717) is 11.2 Å². The molecule has 0 aliphatic rings. The molecule has 0 aliphatic heterocycles. The molecule has 0 radical (unpaired) electrons. The zero-order valence-corrected chi connectivity index (χ0v) is 9.84. The molecule has 0 bridgehead atoms. The summed E-state index contributed by atoms with van der Waals surface area (Å²) in [6.45, 7) is 1.55. The third kappa shape index (κ3) is 1.78. The summed E-state index contributed by atoms with van der Waals surface area (Å²) < 4.78 is 0. The molecule has 0 fully saturated rings. The smallest absolute Gasteiger partial charge is 0.178 e. The minimum absolute atomic E-state index is 0.0473. The Morgan fingerprint density at radius 3 is 2.89 bits per heavy atom. The Labute approximate surface area is 104 Å². The highest BCUT2D eigenvalue weighted by Gasteiger charge is 2.07. The number of fused-ring (bicyclic) bond motifs is 1. The Bertz CT molecular complexity index is 697. The number of pyridine rings is 1. The Kier molecular flexibility index (Phi) is 2.41. The number of carbonyl (C=O) groups excluding carboxylic acids is 1. The molecule has 0 saturated carbocycles. The van der Waals surface area contributed by atoms with Crippen LogP contribution in [-0.2, 0) is 0 Å². The van der Waals surface area contributed by atoms with Gasteiger partial charge in [-0.1, -0.05) is 18.2 Å². The molecule has 0 unspecified atom stereocenters. The van der Waals surface area contributed by atoms with E-state index in [2.05, 4.69) is 15.0 Å². The van der Waals surface area contributed by atoms with Gasteiger partial charge in [0.1, 0.15) is 5.82 Å². The summed E-state index contributed by atoms with van der Waals surface area (Å²) in [5, 5.41) is 0. The number of H-pyrrole nitrogens is 1. The molecular formula is C14H11N3O. The van der Waals surface area contributed by atoms with Crippen LogP contribution in [-0.4, -0.2) is 20.7 Å². The lowest BCUT2D eigenvalue weighted by Crippen LogP contribution is -1.92. The average molecular weight is 237 g/mol. The molecule has 2 aromatic heterocycles. The standard InChI is InChI=1S/C14H11N3O/c1-9(18)10-4-2-5-11(8-10)13-16-12-6-3-7-15-14(12)17-13/h2-8H,1H3,(H,15,16,17). The molecule has 4 nitrogen and oxygen atoms in total. The topological polar surface area (TPSA) is 58.6 Å². The third-order valence-corrected chi connectivity index (χ3v) is 2.80. The fourth-order valence-electron chi connectivity index (χ4n) is 1.87. The minimum Gasteiger partial charge on any atom is -0.337 e. The van der Waals surface area contributed by atoms with Crippen LogP contribution in [0.3, 0.4) is 0 Å². The van der Waals surface area contributed by atoms with Crippen LogP contribution in [0.15, 0.2) is 42.6 Å². The summed E-state index contributed by atoms with van der Waals surface area (Å²) in [5.41, 5.74) is 3.14. The fraction of sp³-hybridized carbons (Fsp3) is 0.0714. The van der Waals surface area contributed by atoms with E-state index >= 15 is 0 Å². The summed E-state index contributed by atoms with van der Waals surface area (Å²) in [4.78, 5) is 23.1. The molecule has 3 aromatic rings. The maximum atomic E-state index is 11.4. The first kappa shape index (κ1) is 10.7. The van der Waals surface area contributed by atoms with Gasteiger partial charge in [0.25, 0.3) is 0 Å². The van der Waals surface area contributed by atoms with Gasteiger partial charge in [-0.05, 0) is 25.1 Å². The molecule has 88 valence electrons. The Morgan fingerprint density at radius 1 is 1.22 bits per heavy atom. The van der Waals surface area contributed by atoms with Gasteiger partial charge < -0.3 is 4.98 Å². The maximum Gasteiger partial charge on any atom is 0.178 e. The monoisotopic (exact) mass is 237 g/mol. The van der Waals surface area contributed by atoms with Crippen LogP contribution in [0.2, 0.25) is 0 Å². The minimum atomic E-state index is 0.0473. The molecule has 0 saturated heterocycles. The number of aromatic amines is 1. The van der Waals surface area contributed by atoms with E-state index in [0.717, 1.165) is 16.9 Å². The maximum absolute atomic E-state index is 11.4. The second-order valence-corrected chi connectivity index (χ2v) is 4.10. The predicted molar refractivity (Wildman–Crippen MR) is 69.3 cm³/mol. The SMILES string of the molecule is CC(=O)c1cccc(-c2nc3ncccc3[nH]2)c1. The third-order valence-electron chi connectivity index (χ3n) is 2.80. The first-order valence-electron chi connectivity index (χ1n) is 5.66. The number of rotatable bonds is 2. The zero-order chi connectivity index (χ0) is 12.5. The van der Waals surface area contributed by atoms with Crippen molar-refractivity contribution in [2.24, 2.45) is 0 Å². The number of ketones is 1. The van der Waals surface area contributed by atoms with E-state index in [1.165, 1.54) is 0 Å². The number of benzene rings is 1. The van der Waals surface area contributed by atoms with Gasteiger partial charge in [-0.3, -0.25) is 4.79 Å².